The first-order valence-corrected chi connectivity index (χ1v) is 11.3. The number of rotatable bonds is 7. The molecule has 0 aliphatic carbocycles. The van der Waals surface area contributed by atoms with Crippen molar-refractivity contribution in [2.24, 2.45) is 0 Å². The number of hydrogen-bond acceptors (Lipinski definition) is 5. The highest BCUT2D eigenvalue weighted by molar-refractivity contribution is 7.21. The molecule has 0 saturated carbocycles. The summed E-state index contributed by atoms with van der Waals surface area (Å²) in [5.74, 6) is -0.0762. The van der Waals surface area contributed by atoms with Crippen molar-refractivity contribution >= 4 is 43.9 Å². The number of aromatic nitrogens is 2. The maximum absolute atomic E-state index is 12.6. The molecule has 1 N–H and O–H groups in total. The van der Waals surface area contributed by atoms with Crippen LogP contribution in [0.15, 0.2) is 72.2 Å². The molecular weight excluding hydrogens is 414 g/mol. The van der Waals surface area contributed by atoms with E-state index in [1.165, 1.54) is 11.3 Å². The smallest absolute Gasteiger partial charge is 0.261 e. The molecule has 5 aromatic rings. The summed E-state index contributed by atoms with van der Waals surface area (Å²) in [6.45, 7) is 1.59. The zero-order chi connectivity index (χ0) is 20.3. The summed E-state index contributed by atoms with van der Waals surface area (Å²) in [6, 6.07) is 20.2. The molecule has 3 aromatic heterocycles. The highest BCUT2D eigenvalue weighted by Crippen LogP contribution is 2.28. The third-order valence-electron chi connectivity index (χ3n) is 4.79. The number of carbonyl (C=O) groups excluding carboxylic acids is 1. The molecule has 3 heterocycles. The predicted molar refractivity (Wildman–Crippen MR) is 121 cm³/mol. The Morgan fingerprint density at radius 2 is 1.80 bits per heavy atom. The Morgan fingerprint density at radius 3 is 2.70 bits per heavy atom. The molecule has 0 aliphatic heterocycles. The Kier molecular flexibility index (Phi) is 5.31. The van der Waals surface area contributed by atoms with Crippen LogP contribution in [-0.2, 0) is 24.5 Å². The van der Waals surface area contributed by atoms with Crippen LogP contribution in [0.25, 0.3) is 15.3 Å². The summed E-state index contributed by atoms with van der Waals surface area (Å²) < 4.78 is 7.83. The summed E-state index contributed by atoms with van der Waals surface area (Å²) in [5, 5.41) is 5.01. The average molecular weight is 434 g/mol. The van der Waals surface area contributed by atoms with Crippen LogP contribution in [-0.4, -0.2) is 15.3 Å². The largest absolute Gasteiger partial charge is 0.372 e. The van der Waals surface area contributed by atoms with Gasteiger partial charge in [0.25, 0.3) is 5.91 Å². The minimum atomic E-state index is -0.0762. The summed E-state index contributed by atoms with van der Waals surface area (Å²) in [4.78, 5) is 19.7. The SMILES string of the molecule is O=C(NCc1cccc(COCc2ccccc2)c1)c1cc2c(nc3sccn32)s1. The van der Waals surface area contributed by atoms with E-state index in [9.17, 15) is 4.79 Å². The van der Waals surface area contributed by atoms with E-state index in [0.29, 0.717) is 24.6 Å². The molecular formula is C23H19N3O2S2. The number of ether oxygens (including phenoxy) is 1. The molecule has 0 unspecified atom stereocenters. The molecule has 0 spiro atoms. The number of fused-ring (bicyclic) bond motifs is 3. The molecule has 0 aliphatic rings. The number of thiophene rings is 1. The average Bonchev–Trinajstić information content (AvgIpc) is 3.46. The van der Waals surface area contributed by atoms with Crippen molar-refractivity contribution in [1.82, 2.24) is 14.7 Å². The Bertz CT molecular complexity index is 1300. The van der Waals surface area contributed by atoms with Gasteiger partial charge in [-0.2, -0.15) is 0 Å². The monoisotopic (exact) mass is 433 g/mol. The minimum absolute atomic E-state index is 0.0762. The maximum atomic E-state index is 12.6. The van der Waals surface area contributed by atoms with Crippen molar-refractivity contribution in [2.45, 2.75) is 19.8 Å². The van der Waals surface area contributed by atoms with Crippen LogP contribution in [0.4, 0.5) is 0 Å². The van der Waals surface area contributed by atoms with Crippen molar-refractivity contribution in [3.63, 3.8) is 0 Å². The van der Waals surface area contributed by atoms with Crippen LogP contribution in [0.3, 0.4) is 0 Å². The molecule has 7 heteroatoms. The number of amides is 1. The molecule has 150 valence electrons. The summed E-state index contributed by atoms with van der Waals surface area (Å²) in [7, 11) is 0. The zero-order valence-electron chi connectivity index (χ0n) is 16.1. The highest BCUT2D eigenvalue weighted by atomic mass is 32.1. The Balaban J connectivity index is 1.19. The molecule has 0 fully saturated rings. The Morgan fingerprint density at radius 1 is 1.00 bits per heavy atom. The molecule has 1 amide bonds. The first-order chi connectivity index (χ1) is 14.8. The Labute approximate surface area is 181 Å². The van der Waals surface area contributed by atoms with Gasteiger partial charge in [-0.3, -0.25) is 9.20 Å². The van der Waals surface area contributed by atoms with Gasteiger partial charge in [-0.15, -0.1) is 22.7 Å². The third-order valence-corrected chi connectivity index (χ3v) is 6.56. The molecule has 0 atom stereocenters. The van der Waals surface area contributed by atoms with Gasteiger partial charge >= 0.3 is 0 Å². The van der Waals surface area contributed by atoms with Gasteiger partial charge in [0.1, 0.15) is 4.83 Å². The quantitative estimate of drug-likeness (QED) is 0.381. The van der Waals surface area contributed by atoms with Crippen LogP contribution < -0.4 is 5.32 Å². The number of benzene rings is 2. The van der Waals surface area contributed by atoms with Crippen LogP contribution in [0.5, 0.6) is 0 Å². The molecule has 5 rings (SSSR count). The third kappa shape index (κ3) is 4.00. The van der Waals surface area contributed by atoms with Gasteiger partial charge in [0, 0.05) is 18.1 Å². The fourth-order valence-electron chi connectivity index (χ4n) is 3.32. The van der Waals surface area contributed by atoms with Gasteiger partial charge < -0.3 is 10.1 Å². The maximum Gasteiger partial charge on any atom is 0.261 e. The lowest BCUT2D eigenvalue weighted by molar-refractivity contribution is 0.0955. The summed E-state index contributed by atoms with van der Waals surface area (Å²) in [6.07, 6.45) is 1.98. The second-order valence-electron chi connectivity index (χ2n) is 6.95. The molecule has 0 radical (unpaired) electrons. The van der Waals surface area contributed by atoms with E-state index >= 15 is 0 Å². The first kappa shape index (κ1) is 19.0. The molecule has 5 nitrogen and oxygen atoms in total. The number of imidazole rings is 1. The van der Waals surface area contributed by atoms with Crippen molar-refractivity contribution in [1.29, 1.82) is 0 Å². The van der Waals surface area contributed by atoms with E-state index in [0.717, 1.165) is 32.0 Å². The van der Waals surface area contributed by atoms with Gasteiger partial charge in [0.05, 0.1) is 23.6 Å². The van der Waals surface area contributed by atoms with E-state index in [1.54, 1.807) is 11.3 Å². The van der Waals surface area contributed by atoms with Crippen LogP contribution >= 0.6 is 22.7 Å². The minimum Gasteiger partial charge on any atom is -0.372 e. The summed E-state index contributed by atoms with van der Waals surface area (Å²) >= 11 is 3.02. The number of nitrogens with zero attached hydrogens (tertiary/aromatic N) is 2. The number of nitrogens with one attached hydrogen (secondary N) is 1. The van der Waals surface area contributed by atoms with Crippen molar-refractivity contribution in [2.75, 3.05) is 0 Å². The summed E-state index contributed by atoms with van der Waals surface area (Å²) in [5.41, 5.74) is 4.28. The zero-order valence-corrected chi connectivity index (χ0v) is 17.7. The second kappa shape index (κ2) is 8.39. The van der Waals surface area contributed by atoms with Gasteiger partial charge in [-0.1, -0.05) is 54.6 Å². The predicted octanol–water partition coefficient (Wildman–Crippen LogP) is 5.26. The topological polar surface area (TPSA) is 55.6 Å². The van der Waals surface area contributed by atoms with Crippen LogP contribution in [0.1, 0.15) is 26.4 Å². The van der Waals surface area contributed by atoms with Gasteiger partial charge in [-0.25, -0.2) is 4.98 Å². The number of hydrogen-bond donors (Lipinski definition) is 1. The number of thiazole rings is 1. The lowest BCUT2D eigenvalue weighted by Crippen LogP contribution is -2.21. The van der Waals surface area contributed by atoms with E-state index in [4.69, 9.17) is 4.74 Å². The highest BCUT2D eigenvalue weighted by Gasteiger charge is 2.14. The van der Waals surface area contributed by atoms with E-state index in [2.05, 4.69) is 28.5 Å². The van der Waals surface area contributed by atoms with Gasteiger partial charge in [-0.05, 0) is 22.8 Å². The molecule has 2 aromatic carbocycles. The number of carbonyl (C=O) groups is 1. The molecule has 0 saturated heterocycles. The van der Waals surface area contributed by atoms with Crippen molar-refractivity contribution in [3.8, 4) is 0 Å². The van der Waals surface area contributed by atoms with Crippen LogP contribution in [0.2, 0.25) is 0 Å². The van der Waals surface area contributed by atoms with Gasteiger partial charge in [0.2, 0.25) is 0 Å². The van der Waals surface area contributed by atoms with Crippen molar-refractivity contribution < 1.29 is 9.53 Å². The van der Waals surface area contributed by atoms with E-state index < -0.39 is 0 Å². The normalized spacial score (nSPS) is 11.3. The Hall–Kier alpha value is -3.00. The van der Waals surface area contributed by atoms with E-state index in [1.807, 2.05) is 58.4 Å². The van der Waals surface area contributed by atoms with Crippen molar-refractivity contribution in [3.05, 3.63) is 93.8 Å². The van der Waals surface area contributed by atoms with Gasteiger partial charge in [0.15, 0.2) is 4.96 Å². The molecule has 30 heavy (non-hydrogen) atoms. The van der Waals surface area contributed by atoms with E-state index in [-0.39, 0.29) is 5.91 Å². The van der Waals surface area contributed by atoms with Crippen LogP contribution in [0, 0.1) is 0 Å². The second-order valence-corrected chi connectivity index (χ2v) is 8.85. The lowest BCUT2D eigenvalue weighted by Gasteiger charge is -2.08. The fourth-order valence-corrected chi connectivity index (χ4v) is 5.04. The standard InChI is InChI=1S/C23H19N3O2S2/c27-21(20-12-19-22(30-20)25-23-26(19)9-10-29-23)24-13-17-7-4-8-18(11-17)15-28-14-16-5-2-1-3-6-16/h1-12H,13-15H2,(H,24,27). The molecule has 0 bridgehead atoms. The first-order valence-electron chi connectivity index (χ1n) is 9.59. The lowest BCUT2D eigenvalue weighted by atomic mass is 10.1. The fraction of sp³-hybridized carbons (Fsp3) is 0.130.